The number of nitrogens with zero attached hydrogens (tertiary/aromatic N) is 3. The lowest BCUT2D eigenvalue weighted by Crippen LogP contribution is -2.48. The lowest BCUT2D eigenvalue weighted by atomic mass is 9.90. The van der Waals surface area contributed by atoms with Gasteiger partial charge in [0, 0.05) is 22.5 Å². The average Bonchev–Trinajstić information content (AvgIpc) is 2.99. The number of benzene rings is 1. The monoisotopic (exact) mass is 373 g/mol. The van der Waals surface area contributed by atoms with E-state index < -0.39 is 37.8 Å². The van der Waals surface area contributed by atoms with Gasteiger partial charge in [-0.1, -0.05) is 6.07 Å². The summed E-state index contributed by atoms with van der Waals surface area (Å²) >= 11 is 4.77. The van der Waals surface area contributed by atoms with Crippen molar-refractivity contribution >= 4 is 28.0 Å². The molecule has 0 aliphatic carbocycles. The highest BCUT2D eigenvalue weighted by molar-refractivity contribution is 8.24. The lowest BCUT2D eigenvalue weighted by molar-refractivity contribution is 0.0126. The molecule has 0 spiro atoms. The van der Waals surface area contributed by atoms with Crippen molar-refractivity contribution in [1.82, 2.24) is 14.8 Å². The summed E-state index contributed by atoms with van der Waals surface area (Å²) in [6, 6.07) is 2.95. The first kappa shape index (κ1) is 18.8. The minimum absolute atomic E-state index is 0.103. The second-order valence-electron chi connectivity index (χ2n) is 5.25. The Hall–Kier alpha value is -1.58. The van der Waals surface area contributed by atoms with Crippen LogP contribution in [-0.4, -0.2) is 35.3 Å². The van der Waals surface area contributed by atoms with Crippen molar-refractivity contribution in [2.75, 3.05) is 5.75 Å². The van der Waals surface area contributed by atoms with E-state index in [0.29, 0.717) is 11.8 Å². The fourth-order valence-electron chi connectivity index (χ4n) is 2.58. The molecule has 2 aromatic rings. The van der Waals surface area contributed by atoms with Gasteiger partial charge in [-0.2, -0.15) is 5.10 Å². The van der Waals surface area contributed by atoms with Gasteiger partial charge >= 0.3 is 0 Å². The molecule has 0 saturated carbocycles. The molecule has 1 heterocycles. The van der Waals surface area contributed by atoms with Crippen LogP contribution in [0.2, 0.25) is 0 Å². The number of aromatic nitrogens is 3. The van der Waals surface area contributed by atoms with Crippen LogP contribution in [0.1, 0.15) is 19.4 Å². The van der Waals surface area contributed by atoms with Crippen molar-refractivity contribution in [1.29, 1.82) is 0 Å². The van der Waals surface area contributed by atoms with Gasteiger partial charge in [-0.15, -0.1) is 0 Å². The maximum absolute atomic E-state index is 14.4. The molecule has 0 aliphatic rings. The van der Waals surface area contributed by atoms with E-state index in [9.17, 15) is 18.7 Å². The summed E-state index contributed by atoms with van der Waals surface area (Å²) in [5, 5.41) is 14.5. The molecule has 2 rings (SSSR count). The van der Waals surface area contributed by atoms with E-state index in [4.69, 9.17) is 12.6 Å². The largest absolute Gasteiger partial charge is 0.683 e. The Balaban J connectivity index is 2.53. The van der Waals surface area contributed by atoms with Crippen LogP contribution in [0.3, 0.4) is 0 Å². The van der Waals surface area contributed by atoms with Crippen LogP contribution < -0.4 is 0 Å². The zero-order chi connectivity index (χ0) is 17.9. The Labute approximate surface area is 146 Å². The predicted octanol–water partition coefficient (Wildman–Crippen LogP) is 2.14. The van der Waals surface area contributed by atoms with Crippen molar-refractivity contribution in [2.45, 2.75) is 31.2 Å². The molecule has 0 amide bonds. The minimum atomic E-state index is -1.79. The molecule has 9 heteroatoms. The van der Waals surface area contributed by atoms with Crippen molar-refractivity contribution in [2.24, 2.45) is 0 Å². The number of rotatable bonds is 6. The fraction of sp³-hybridized carbons (Fsp3) is 0.400. The Kier molecular flexibility index (Phi) is 5.89. The second kappa shape index (κ2) is 7.54. The lowest BCUT2D eigenvalue weighted by Gasteiger charge is -2.33. The molecule has 0 saturated heterocycles. The molecule has 3 atom stereocenters. The van der Waals surface area contributed by atoms with Gasteiger partial charge in [0.15, 0.2) is 10.9 Å². The molecule has 0 bridgehead atoms. The average molecular weight is 373 g/mol. The minimum Gasteiger partial charge on any atom is -0.683 e. The summed E-state index contributed by atoms with van der Waals surface area (Å²) in [6.45, 7) is 3.28. The molecule has 24 heavy (non-hydrogen) atoms. The van der Waals surface area contributed by atoms with E-state index in [2.05, 4.69) is 10.1 Å². The number of hydrogen-bond acceptors (Lipinski definition) is 5. The fourth-order valence-corrected chi connectivity index (χ4v) is 5.07. The van der Waals surface area contributed by atoms with Crippen LogP contribution in [-0.2, 0) is 35.7 Å². The van der Waals surface area contributed by atoms with Gasteiger partial charge in [-0.25, -0.2) is 18.4 Å². The van der Waals surface area contributed by atoms with Crippen molar-refractivity contribution in [3.8, 4) is 0 Å². The Morgan fingerprint density at radius 3 is 2.71 bits per heavy atom. The van der Waals surface area contributed by atoms with Crippen LogP contribution >= 0.6 is 0 Å². The van der Waals surface area contributed by atoms with E-state index in [0.717, 1.165) is 6.07 Å². The van der Waals surface area contributed by atoms with Gasteiger partial charge < -0.3 is 17.7 Å². The summed E-state index contributed by atoms with van der Waals surface area (Å²) < 4.78 is 28.5. The van der Waals surface area contributed by atoms with Crippen molar-refractivity contribution < 1.29 is 18.7 Å². The SMILES string of the molecule is CC[S+](C(=O)[S-])[C@H](C)[C@](O)(Cn1cncn1)c1ccc(F)cc1F. The highest BCUT2D eigenvalue weighted by Gasteiger charge is 2.48. The number of aliphatic hydroxyl groups is 1. The quantitative estimate of drug-likeness (QED) is 0.621. The molecule has 0 fully saturated rings. The predicted molar refractivity (Wildman–Crippen MR) is 90.4 cm³/mol. The van der Waals surface area contributed by atoms with Gasteiger partial charge in [0.05, 0.1) is 6.54 Å². The third kappa shape index (κ3) is 3.73. The molecule has 0 aliphatic heterocycles. The standard InChI is InChI=1S/C15H17F2N3O2S2/c1-3-24(14(21)23)10(2)15(22,7-20-9-18-8-19-20)12-5-4-11(16)6-13(12)17/h4-6,8-10,22H,3,7H2,1-2H3/t10-,15-,24?/m1/s1. The van der Waals surface area contributed by atoms with Gasteiger partial charge in [-0.3, -0.25) is 4.79 Å². The number of halogens is 2. The summed E-state index contributed by atoms with van der Waals surface area (Å²) in [6.07, 6.45) is 2.66. The maximum Gasteiger partial charge on any atom is 0.219 e. The van der Waals surface area contributed by atoms with Gasteiger partial charge in [-0.05, 0) is 19.9 Å². The number of carbonyl (C=O) groups excluding carboxylic acids is 1. The molecule has 130 valence electrons. The molecule has 1 unspecified atom stereocenters. The zero-order valence-electron chi connectivity index (χ0n) is 13.1. The van der Waals surface area contributed by atoms with E-state index in [1.165, 1.54) is 23.4 Å². The third-order valence-corrected chi connectivity index (χ3v) is 6.83. The first-order valence-electron chi connectivity index (χ1n) is 7.20. The Bertz CT molecular complexity index is 715. The zero-order valence-corrected chi connectivity index (χ0v) is 14.8. The van der Waals surface area contributed by atoms with Gasteiger partial charge in [0.1, 0.15) is 30.0 Å². The number of hydrogen-bond donors (Lipinski definition) is 1. The van der Waals surface area contributed by atoms with E-state index in [-0.39, 0.29) is 12.1 Å². The highest BCUT2D eigenvalue weighted by Crippen LogP contribution is 2.34. The molecule has 1 aromatic heterocycles. The van der Waals surface area contributed by atoms with Crippen LogP contribution in [0, 0.1) is 11.6 Å². The van der Waals surface area contributed by atoms with E-state index in [1.54, 1.807) is 13.8 Å². The summed E-state index contributed by atoms with van der Waals surface area (Å²) in [5.74, 6) is -1.21. The normalized spacial score (nSPS) is 16.4. The van der Waals surface area contributed by atoms with Crippen molar-refractivity contribution in [3.63, 3.8) is 0 Å². The molecular formula is C15H17F2N3O2S2. The van der Waals surface area contributed by atoms with Gasteiger partial charge in [0.2, 0.25) is 4.45 Å². The van der Waals surface area contributed by atoms with Gasteiger partial charge in [0.25, 0.3) is 0 Å². The molecule has 5 nitrogen and oxygen atoms in total. The van der Waals surface area contributed by atoms with Crippen LogP contribution in [0.25, 0.3) is 0 Å². The number of carbonyl (C=O) groups is 1. The van der Waals surface area contributed by atoms with Crippen LogP contribution in [0.15, 0.2) is 30.9 Å². The Morgan fingerprint density at radius 1 is 1.50 bits per heavy atom. The molecular weight excluding hydrogens is 356 g/mol. The first-order valence-corrected chi connectivity index (χ1v) is 9.07. The summed E-state index contributed by atoms with van der Waals surface area (Å²) in [4.78, 5) is 15.6. The van der Waals surface area contributed by atoms with Crippen LogP contribution in [0.5, 0.6) is 0 Å². The molecule has 1 N–H and O–H groups in total. The smallest absolute Gasteiger partial charge is 0.219 e. The second-order valence-corrected chi connectivity index (χ2v) is 8.39. The maximum atomic E-state index is 14.4. The molecule has 0 radical (unpaired) electrons. The summed E-state index contributed by atoms with van der Waals surface area (Å²) in [7, 11) is -0.969. The highest BCUT2D eigenvalue weighted by atomic mass is 32.2. The van der Waals surface area contributed by atoms with Crippen LogP contribution in [0.4, 0.5) is 13.6 Å². The van der Waals surface area contributed by atoms with E-state index in [1.807, 2.05) is 0 Å². The van der Waals surface area contributed by atoms with Crippen molar-refractivity contribution in [3.05, 3.63) is 48.1 Å². The first-order chi connectivity index (χ1) is 11.3. The summed E-state index contributed by atoms with van der Waals surface area (Å²) in [5.41, 5.74) is -1.90. The third-order valence-electron chi connectivity index (χ3n) is 3.89. The molecule has 1 aromatic carbocycles. The Morgan fingerprint density at radius 2 is 2.21 bits per heavy atom. The topological polar surface area (TPSA) is 68.0 Å². The van der Waals surface area contributed by atoms with E-state index >= 15 is 0 Å².